The van der Waals surface area contributed by atoms with Gasteiger partial charge in [0.05, 0.1) is 6.10 Å². The summed E-state index contributed by atoms with van der Waals surface area (Å²) in [6.07, 6.45) is 1.29. The molecule has 0 radical (unpaired) electrons. The Kier molecular flexibility index (Phi) is 5.66. The van der Waals surface area contributed by atoms with Gasteiger partial charge >= 0.3 is 0 Å². The van der Waals surface area contributed by atoms with Crippen molar-refractivity contribution in [3.8, 4) is 0 Å². The Morgan fingerprint density at radius 3 is 2.59 bits per heavy atom. The van der Waals surface area contributed by atoms with E-state index >= 15 is 0 Å². The second-order valence-electron chi connectivity index (χ2n) is 4.68. The van der Waals surface area contributed by atoms with E-state index in [0.717, 1.165) is 13.0 Å². The van der Waals surface area contributed by atoms with Crippen LogP contribution in [-0.2, 0) is 4.74 Å². The predicted molar refractivity (Wildman–Crippen MR) is 73.4 cm³/mol. The smallest absolute Gasteiger partial charge is 0.0561 e. The number of nitrogens with one attached hydrogen (secondary N) is 1. The van der Waals surface area contributed by atoms with Crippen molar-refractivity contribution in [1.82, 2.24) is 5.32 Å². The fraction of sp³-hybridized carbons (Fsp3) is 0.600. The van der Waals surface area contributed by atoms with Crippen LogP contribution >= 0.6 is 0 Å². The average Bonchev–Trinajstić information content (AvgIpc) is 2.32. The Balaban J connectivity index is 2.92. The lowest BCUT2D eigenvalue weighted by atomic mass is 9.94. The molecule has 1 N–H and O–H groups in total. The van der Waals surface area contributed by atoms with Crippen molar-refractivity contribution in [3.63, 3.8) is 0 Å². The molecule has 0 heterocycles. The van der Waals surface area contributed by atoms with E-state index in [-0.39, 0.29) is 6.10 Å². The van der Waals surface area contributed by atoms with E-state index < -0.39 is 0 Å². The molecule has 0 amide bonds. The van der Waals surface area contributed by atoms with Crippen LogP contribution in [-0.4, -0.2) is 19.8 Å². The molecule has 96 valence electrons. The molecule has 0 saturated carbocycles. The molecule has 2 nitrogen and oxygen atoms in total. The standard InChI is InChI=1S/C15H25NO/c1-6-16-15(10-12(3)17-5)14-9-7-8-11(2)13(14)4/h7-9,12,15-16H,6,10H2,1-5H3. The van der Waals surface area contributed by atoms with E-state index in [0.29, 0.717) is 6.04 Å². The lowest BCUT2D eigenvalue weighted by Crippen LogP contribution is -2.26. The maximum atomic E-state index is 5.38. The van der Waals surface area contributed by atoms with Gasteiger partial charge < -0.3 is 10.1 Å². The van der Waals surface area contributed by atoms with Crippen molar-refractivity contribution in [1.29, 1.82) is 0 Å². The first-order valence-corrected chi connectivity index (χ1v) is 6.42. The Morgan fingerprint density at radius 2 is 2.00 bits per heavy atom. The molecule has 0 aliphatic rings. The van der Waals surface area contributed by atoms with Crippen molar-refractivity contribution in [3.05, 3.63) is 34.9 Å². The van der Waals surface area contributed by atoms with Gasteiger partial charge in [-0.15, -0.1) is 0 Å². The van der Waals surface area contributed by atoms with Crippen molar-refractivity contribution < 1.29 is 4.74 Å². The van der Waals surface area contributed by atoms with Gasteiger partial charge in [-0.3, -0.25) is 0 Å². The Labute approximate surface area is 105 Å². The van der Waals surface area contributed by atoms with E-state index in [2.05, 4.69) is 51.2 Å². The van der Waals surface area contributed by atoms with Gasteiger partial charge in [0.25, 0.3) is 0 Å². The monoisotopic (exact) mass is 235 g/mol. The SMILES string of the molecule is CCNC(CC(C)OC)c1cccc(C)c1C. The minimum absolute atomic E-state index is 0.277. The number of benzene rings is 1. The molecule has 17 heavy (non-hydrogen) atoms. The van der Waals surface area contributed by atoms with E-state index in [1.165, 1.54) is 16.7 Å². The van der Waals surface area contributed by atoms with Crippen LogP contribution in [0.15, 0.2) is 18.2 Å². The Hall–Kier alpha value is -0.860. The van der Waals surface area contributed by atoms with Gasteiger partial charge in [-0.1, -0.05) is 25.1 Å². The molecule has 2 atom stereocenters. The average molecular weight is 235 g/mol. The summed E-state index contributed by atoms with van der Waals surface area (Å²) in [5.74, 6) is 0. The van der Waals surface area contributed by atoms with Crippen LogP contribution < -0.4 is 5.32 Å². The summed E-state index contributed by atoms with van der Waals surface area (Å²) in [7, 11) is 1.77. The van der Waals surface area contributed by atoms with Gasteiger partial charge in [-0.05, 0) is 50.4 Å². The van der Waals surface area contributed by atoms with Crippen LogP contribution in [0.2, 0.25) is 0 Å². The molecular weight excluding hydrogens is 210 g/mol. The quantitative estimate of drug-likeness (QED) is 0.816. The molecule has 1 aromatic carbocycles. The molecule has 2 unspecified atom stereocenters. The molecule has 0 spiro atoms. The molecule has 0 fully saturated rings. The van der Waals surface area contributed by atoms with Crippen molar-refractivity contribution in [2.24, 2.45) is 0 Å². The second kappa shape index (κ2) is 6.77. The zero-order chi connectivity index (χ0) is 12.8. The number of hydrogen-bond acceptors (Lipinski definition) is 2. The number of rotatable bonds is 6. The molecule has 1 aromatic rings. The van der Waals surface area contributed by atoms with Crippen LogP contribution in [0.4, 0.5) is 0 Å². The molecular formula is C15H25NO. The third kappa shape index (κ3) is 3.83. The van der Waals surface area contributed by atoms with Crippen LogP contribution in [0.3, 0.4) is 0 Å². The van der Waals surface area contributed by atoms with Crippen LogP contribution in [0.25, 0.3) is 0 Å². The van der Waals surface area contributed by atoms with Gasteiger partial charge in [0.15, 0.2) is 0 Å². The second-order valence-corrected chi connectivity index (χ2v) is 4.68. The predicted octanol–water partition coefficient (Wildman–Crippen LogP) is 3.38. The zero-order valence-corrected chi connectivity index (χ0v) is 11.7. The van der Waals surface area contributed by atoms with Gasteiger partial charge in [0, 0.05) is 13.2 Å². The topological polar surface area (TPSA) is 21.3 Å². The highest BCUT2D eigenvalue weighted by Gasteiger charge is 2.16. The summed E-state index contributed by atoms with van der Waals surface area (Å²) in [5.41, 5.74) is 4.15. The maximum absolute atomic E-state index is 5.38. The summed E-state index contributed by atoms with van der Waals surface area (Å²) >= 11 is 0. The third-order valence-electron chi connectivity index (χ3n) is 3.44. The largest absolute Gasteiger partial charge is 0.382 e. The number of methoxy groups -OCH3 is 1. The molecule has 2 heteroatoms. The summed E-state index contributed by atoms with van der Waals surface area (Å²) in [4.78, 5) is 0. The van der Waals surface area contributed by atoms with E-state index in [1.807, 2.05) is 0 Å². The number of aryl methyl sites for hydroxylation is 1. The first kappa shape index (κ1) is 14.2. The first-order chi connectivity index (χ1) is 8.10. The Bertz CT molecular complexity index is 349. The molecule has 0 aliphatic carbocycles. The van der Waals surface area contributed by atoms with E-state index in [4.69, 9.17) is 4.74 Å². The number of ether oxygens (including phenoxy) is 1. The minimum atomic E-state index is 0.277. The van der Waals surface area contributed by atoms with Crippen molar-refractivity contribution in [2.75, 3.05) is 13.7 Å². The minimum Gasteiger partial charge on any atom is -0.382 e. The molecule has 0 aromatic heterocycles. The zero-order valence-electron chi connectivity index (χ0n) is 11.7. The van der Waals surface area contributed by atoms with Gasteiger partial charge in [0.1, 0.15) is 0 Å². The van der Waals surface area contributed by atoms with Crippen molar-refractivity contribution >= 4 is 0 Å². The summed E-state index contributed by atoms with van der Waals surface area (Å²) in [6, 6.07) is 6.91. The first-order valence-electron chi connectivity index (χ1n) is 6.42. The van der Waals surface area contributed by atoms with Gasteiger partial charge in [0.2, 0.25) is 0 Å². The fourth-order valence-corrected chi connectivity index (χ4v) is 2.15. The molecule has 0 aliphatic heterocycles. The van der Waals surface area contributed by atoms with Crippen LogP contribution in [0, 0.1) is 13.8 Å². The molecule has 0 bridgehead atoms. The van der Waals surface area contributed by atoms with E-state index in [1.54, 1.807) is 7.11 Å². The Morgan fingerprint density at radius 1 is 1.29 bits per heavy atom. The van der Waals surface area contributed by atoms with Gasteiger partial charge in [-0.25, -0.2) is 0 Å². The maximum Gasteiger partial charge on any atom is 0.0561 e. The lowest BCUT2D eigenvalue weighted by Gasteiger charge is -2.24. The highest BCUT2D eigenvalue weighted by atomic mass is 16.5. The summed E-state index contributed by atoms with van der Waals surface area (Å²) in [6.45, 7) is 9.62. The van der Waals surface area contributed by atoms with Crippen LogP contribution in [0.5, 0.6) is 0 Å². The summed E-state index contributed by atoms with van der Waals surface area (Å²) in [5, 5.41) is 3.55. The third-order valence-corrected chi connectivity index (χ3v) is 3.44. The highest BCUT2D eigenvalue weighted by Crippen LogP contribution is 2.24. The van der Waals surface area contributed by atoms with Crippen LogP contribution in [0.1, 0.15) is 43.0 Å². The van der Waals surface area contributed by atoms with Crippen molar-refractivity contribution in [2.45, 2.75) is 46.3 Å². The normalized spacial score (nSPS) is 14.6. The summed E-state index contributed by atoms with van der Waals surface area (Å²) < 4.78 is 5.38. The number of hydrogen-bond donors (Lipinski definition) is 1. The molecule has 0 saturated heterocycles. The molecule has 1 rings (SSSR count). The van der Waals surface area contributed by atoms with E-state index in [9.17, 15) is 0 Å². The fourth-order valence-electron chi connectivity index (χ4n) is 2.15. The lowest BCUT2D eigenvalue weighted by molar-refractivity contribution is 0.100. The van der Waals surface area contributed by atoms with Gasteiger partial charge in [-0.2, -0.15) is 0 Å². The highest BCUT2D eigenvalue weighted by molar-refractivity contribution is 5.35.